The molecule has 2 N–H and O–H groups in total. The van der Waals surface area contributed by atoms with Crippen molar-refractivity contribution in [1.29, 1.82) is 0 Å². The standard InChI is InChI=1S/C43H57N4O4P/c1-31(46-40(43(5,6)7)41(48)47(8)30-32-15-13-12-14-16-32)45-39(42(2,3)4)29-44-52(36-23-17-33(49-9)18-24-36,37-25-19-34(50-10)20-26-37)38-27-21-35(51-11)22-28-38/h12-28,39-40,45-46H,1,29-30H2,2-11H3/t39-,40-/m1/s1. The van der Waals surface area contributed by atoms with Crippen molar-refractivity contribution in [2.45, 2.75) is 60.2 Å². The van der Waals surface area contributed by atoms with Crippen LogP contribution in [0.5, 0.6) is 17.2 Å². The molecule has 1 amide bonds. The molecule has 0 unspecified atom stereocenters. The van der Waals surface area contributed by atoms with Crippen molar-refractivity contribution in [3.05, 3.63) is 121 Å². The molecule has 0 bridgehead atoms. The molecule has 0 aromatic heterocycles. The van der Waals surface area contributed by atoms with Crippen LogP contribution in [0.4, 0.5) is 0 Å². The van der Waals surface area contributed by atoms with Crippen LogP contribution in [0.2, 0.25) is 0 Å². The van der Waals surface area contributed by atoms with Crippen LogP contribution in [0, 0.1) is 10.8 Å². The average molecular weight is 725 g/mol. The van der Waals surface area contributed by atoms with Gasteiger partial charge in [-0.1, -0.05) is 78.5 Å². The van der Waals surface area contributed by atoms with Gasteiger partial charge in [0.25, 0.3) is 0 Å². The molecular weight excluding hydrogens is 667 g/mol. The summed E-state index contributed by atoms with van der Waals surface area (Å²) in [5.41, 5.74) is 0.468. The third kappa shape index (κ3) is 9.80. The van der Waals surface area contributed by atoms with Gasteiger partial charge in [0.05, 0.1) is 46.8 Å². The number of ether oxygens (including phenoxy) is 3. The molecule has 278 valence electrons. The van der Waals surface area contributed by atoms with E-state index < -0.39 is 13.1 Å². The zero-order valence-corrected chi connectivity index (χ0v) is 33.5. The van der Waals surface area contributed by atoms with E-state index in [1.165, 1.54) is 0 Å². The van der Waals surface area contributed by atoms with Crippen molar-refractivity contribution in [3.8, 4) is 17.2 Å². The van der Waals surface area contributed by atoms with Gasteiger partial charge in [0.15, 0.2) is 0 Å². The highest BCUT2D eigenvalue weighted by atomic mass is 31.2. The lowest BCUT2D eigenvalue weighted by Crippen LogP contribution is -2.54. The molecule has 4 aromatic rings. The van der Waals surface area contributed by atoms with Crippen LogP contribution in [0.1, 0.15) is 47.1 Å². The van der Waals surface area contributed by atoms with Gasteiger partial charge in [-0.2, -0.15) is 0 Å². The van der Waals surface area contributed by atoms with Crippen LogP contribution in [-0.2, 0) is 11.3 Å². The molecule has 4 rings (SSSR count). The van der Waals surface area contributed by atoms with Gasteiger partial charge < -0.3 is 29.7 Å². The number of nitrogens with zero attached hydrogens (tertiary/aromatic N) is 2. The first kappa shape index (κ1) is 40.1. The zero-order valence-electron chi connectivity index (χ0n) is 32.6. The van der Waals surface area contributed by atoms with Crippen LogP contribution in [0.25, 0.3) is 0 Å². The summed E-state index contributed by atoms with van der Waals surface area (Å²) in [5.74, 6) is 2.92. The van der Waals surface area contributed by atoms with Gasteiger partial charge in [0.2, 0.25) is 5.91 Å². The van der Waals surface area contributed by atoms with E-state index in [1.54, 1.807) is 26.2 Å². The summed E-state index contributed by atoms with van der Waals surface area (Å²) in [4.78, 5) is 15.7. The molecule has 0 aliphatic rings. The maximum Gasteiger partial charge on any atom is 0.245 e. The predicted molar refractivity (Wildman–Crippen MR) is 217 cm³/mol. The third-order valence-corrected chi connectivity index (χ3v) is 13.0. The molecule has 0 spiro atoms. The van der Waals surface area contributed by atoms with Crippen molar-refractivity contribution in [2.24, 2.45) is 15.6 Å². The van der Waals surface area contributed by atoms with Gasteiger partial charge in [0.1, 0.15) is 23.3 Å². The summed E-state index contributed by atoms with van der Waals surface area (Å²) < 4.78 is 22.4. The van der Waals surface area contributed by atoms with Crippen LogP contribution in [-0.4, -0.2) is 57.8 Å². The molecule has 4 aromatic carbocycles. The number of carbonyl (C=O) groups excluding carboxylic acids is 1. The number of hydrogen-bond donors (Lipinski definition) is 2. The Hall–Kier alpha value is -4.68. The Kier molecular flexibility index (Phi) is 13.3. The first-order chi connectivity index (χ1) is 24.6. The monoisotopic (exact) mass is 724 g/mol. The summed E-state index contributed by atoms with van der Waals surface area (Å²) in [6.45, 7) is 18.2. The smallest absolute Gasteiger partial charge is 0.245 e. The van der Waals surface area contributed by atoms with E-state index in [2.05, 4.69) is 95.2 Å². The number of methoxy groups -OCH3 is 3. The molecule has 0 fully saturated rings. The largest absolute Gasteiger partial charge is 0.497 e. The number of rotatable bonds is 15. The molecule has 9 heteroatoms. The van der Waals surface area contributed by atoms with Crippen molar-refractivity contribution < 1.29 is 19.0 Å². The highest BCUT2D eigenvalue weighted by molar-refractivity contribution is 7.87. The van der Waals surface area contributed by atoms with Crippen LogP contribution in [0.3, 0.4) is 0 Å². The number of hydrogen-bond acceptors (Lipinski definition) is 7. The minimum absolute atomic E-state index is 0.000223. The molecular formula is C43H57N4O4P. The summed E-state index contributed by atoms with van der Waals surface area (Å²) in [5, 5.41) is 10.4. The van der Waals surface area contributed by atoms with Crippen molar-refractivity contribution in [1.82, 2.24) is 15.5 Å². The first-order valence-corrected chi connectivity index (χ1v) is 19.4. The fourth-order valence-electron chi connectivity index (χ4n) is 6.06. The lowest BCUT2D eigenvalue weighted by molar-refractivity contribution is -0.135. The van der Waals surface area contributed by atoms with E-state index in [1.807, 2.05) is 73.8 Å². The molecule has 0 heterocycles. The van der Waals surface area contributed by atoms with E-state index >= 15 is 0 Å². The van der Waals surface area contributed by atoms with E-state index in [0.29, 0.717) is 18.9 Å². The topological polar surface area (TPSA) is 84.4 Å². The highest BCUT2D eigenvalue weighted by Gasteiger charge is 2.35. The lowest BCUT2D eigenvalue weighted by Gasteiger charge is -2.38. The van der Waals surface area contributed by atoms with Gasteiger partial charge in [0, 0.05) is 29.5 Å². The first-order valence-electron chi connectivity index (χ1n) is 17.6. The van der Waals surface area contributed by atoms with Crippen molar-refractivity contribution in [3.63, 3.8) is 0 Å². The minimum Gasteiger partial charge on any atom is -0.497 e. The molecule has 2 atom stereocenters. The Morgan fingerprint density at radius 1 is 0.692 bits per heavy atom. The van der Waals surface area contributed by atoms with Crippen molar-refractivity contribution in [2.75, 3.05) is 34.9 Å². The van der Waals surface area contributed by atoms with E-state index in [0.717, 1.165) is 38.7 Å². The second-order valence-electron chi connectivity index (χ2n) is 15.2. The predicted octanol–water partition coefficient (Wildman–Crippen LogP) is 7.33. The number of carbonyl (C=O) groups is 1. The number of amides is 1. The van der Waals surface area contributed by atoms with E-state index in [-0.39, 0.29) is 22.8 Å². The van der Waals surface area contributed by atoms with Gasteiger partial charge in [-0.25, -0.2) is 0 Å². The Morgan fingerprint density at radius 3 is 1.48 bits per heavy atom. The SMILES string of the molecule is C=C(N[C@H](C(=O)N(C)Cc1ccccc1)C(C)(C)C)N[C@H](CN=P(c1ccc(OC)cc1)(c1ccc(OC)cc1)c1ccc(OC)cc1)C(C)(C)C. The van der Waals surface area contributed by atoms with Gasteiger partial charge in [-0.05, 0) is 89.2 Å². The van der Waals surface area contributed by atoms with E-state index in [4.69, 9.17) is 19.0 Å². The molecule has 52 heavy (non-hydrogen) atoms. The Morgan fingerprint density at radius 2 is 1.12 bits per heavy atom. The Balaban J connectivity index is 1.76. The lowest BCUT2D eigenvalue weighted by atomic mass is 9.85. The normalized spacial score (nSPS) is 13.0. The molecule has 0 saturated heterocycles. The maximum atomic E-state index is 13.9. The van der Waals surface area contributed by atoms with Crippen LogP contribution >= 0.6 is 7.05 Å². The van der Waals surface area contributed by atoms with E-state index in [9.17, 15) is 4.79 Å². The average Bonchev–Trinajstić information content (AvgIpc) is 3.13. The Bertz CT molecular complexity index is 1690. The second kappa shape index (κ2) is 17.2. The molecule has 0 saturated carbocycles. The quantitative estimate of drug-likeness (QED) is 0.125. The molecule has 8 nitrogen and oxygen atoms in total. The van der Waals surface area contributed by atoms with Crippen LogP contribution in [0.15, 0.2) is 120 Å². The highest BCUT2D eigenvalue weighted by Crippen LogP contribution is 2.47. The molecule has 0 aliphatic carbocycles. The number of benzene rings is 4. The van der Waals surface area contributed by atoms with Crippen LogP contribution < -0.4 is 40.8 Å². The summed E-state index contributed by atoms with van der Waals surface area (Å²) >= 11 is 0. The summed E-state index contributed by atoms with van der Waals surface area (Å²) in [6, 6.07) is 34.1. The second-order valence-corrected chi connectivity index (χ2v) is 18.3. The molecule has 0 aliphatic heterocycles. The maximum absolute atomic E-state index is 13.9. The van der Waals surface area contributed by atoms with Gasteiger partial charge in [-0.15, -0.1) is 0 Å². The fourth-order valence-corrected chi connectivity index (χ4v) is 9.59. The van der Waals surface area contributed by atoms with Gasteiger partial charge >= 0.3 is 0 Å². The van der Waals surface area contributed by atoms with Crippen molar-refractivity contribution >= 4 is 28.9 Å². The number of likely N-dealkylation sites (N-methyl/N-ethyl adjacent to an activating group) is 1. The summed E-state index contributed by atoms with van der Waals surface area (Å²) in [6.07, 6.45) is 0. The number of nitrogens with one attached hydrogen (secondary N) is 2. The Labute approximate surface area is 311 Å². The third-order valence-electron chi connectivity index (χ3n) is 9.28. The summed E-state index contributed by atoms with van der Waals surface area (Å²) in [7, 11) is 4.26. The zero-order chi connectivity index (χ0) is 38.1. The van der Waals surface area contributed by atoms with Gasteiger partial charge in [-0.3, -0.25) is 9.54 Å². The fraction of sp³-hybridized carbons (Fsp3) is 0.372. The minimum atomic E-state index is -2.62. The molecule has 0 radical (unpaired) electrons.